The fourth-order valence-electron chi connectivity index (χ4n) is 3.19. The molecule has 1 aliphatic rings. The number of rotatable bonds is 2. The average Bonchev–Trinajstić information content (AvgIpc) is 2.82. The van der Waals surface area contributed by atoms with E-state index in [0.717, 1.165) is 28.6 Å². The third-order valence-electron chi connectivity index (χ3n) is 4.63. The summed E-state index contributed by atoms with van der Waals surface area (Å²) in [5.41, 5.74) is 3.67. The van der Waals surface area contributed by atoms with Gasteiger partial charge in [0.25, 0.3) is 5.91 Å². The number of para-hydroxylation sites is 1. The lowest BCUT2D eigenvalue weighted by atomic mass is 9.97. The van der Waals surface area contributed by atoms with E-state index in [1.807, 2.05) is 32.0 Å². The lowest BCUT2D eigenvalue weighted by molar-refractivity contribution is -0.143. The van der Waals surface area contributed by atoms with Gasteiger partial charge in [0, 0.05) is 24.2 Å². The first-order valence-electron chi connectivity index (χ1n) is 7.59. The van der Waals surface area contributed by atoms with Crippen LogP contribution in [0.3, 0.4) is 0 Å². The van der Waals surface area contributed by atoms with Crippen molar-refractivity contribution in [2.24, 2.45) is 5.92 Å². The van der Waals surface area contributed by atoms with Crippen LogP contribution in [0.15, 0.2) is 18.2 Å². The Morgan fingerprint density at radius 1 is 1.32 bits per heavy atom. The number of likely N-dealkylation sites (tertiary alicyclic amines) is 1. The SMILES string of the molecule is Cc1[nH]c2c(C(=O)N3CCC[C@H](C(=O)O)C3)cccc2c1C. The zero-order valence-electron chi connectivity index (χ0n) is 12.8. The molecule has 1 aromatic heterocycles. The van der Waals surface area contributed by atoms with Crippen LogP contribution in [0, 0.1) is 19.8 Å². The maximum atomic E-state index is 12.8. The molecule has 5 heteroatoms. The van der Waals surface area contributed by atoms with Gasteiger partial charge in [0.05, 0.1) is 17.0 Å². The Bertz CT molecular complexity index is 748. The zero-order valence-corrected chi connectivity index (χ0v) is 12.8. The predicted octanol–water partition coefficient (Wildman–Crippen LogP) is 2.72. The second kappa shape index (κ2) is 5.48. The van der Waals surface area contributed by atoms with Crippen molar-refractivity contribution >= 4 is 22.8 Å². The number of aromatic nitrogens is 1. The molecule has 2 aromatic rings. The van der Waals surface area contributed by atoms with Crippen molar-refractivity contribution < 1.29 is 14.7 Å². The van der Waals surface area contributed by atoms with Crippen LogP contribution in [0.5, 0.6) is 0 Å². The lowest BCUT2D eigenvalue weighted by Crippen LogP contribution is -2.42. The number of carboxylic acid groups (broad SMARTS) is 1. The van der Waals surface area contributed by atoms with Gasteiger partial charge in [-0.05, 0) is 38.3 Å². The number of hydrogen-bond donors (Lipinski definition) is 2. The Labute approximate surface area is 128 Å². The highest BCUT2D eigenvalue weighted by Gasteiger charge is 2.29. The van der Waals surface area contributed by atoms with E-state index in [2.05, 4.69) is 4.98 Å². The van der Waals surface area contributed by atoms with E-state index in [4.69, 9.17) is 0 Å². The van der Waals surface area contributed by atoms with Gasteiger partial charge in [-0.3, -0.25) is 9.59 Å². The van der Waals surface area contributed by atoms with Crippen LogP contribution in [0.2, 0.25) is 0 Å². The molecule has 3 rings (SSSR count). The number of nitrogens with one attached hydrogen (secondary N) is 1. The van der Waals surface area contributed by atoms with Gasteiger partial charge in [-0.25, -0.2) is 0 Å². The second-order valence-electron chi connectivity index (χ2n) is 6.03. The predicted molar refractivity (Wildman–Crippen MR) is 84.0 cm³/mol. The Morgan fingerprint density at radius 2 is 2.09 bits per heavy atom. The van der Waals surface area contributed by atoms with Crippen molar-refractivity contribution in [3.8, 4) is 0 Å². The van der Waals surface area contributed by atoms with Crippen LogP contribution >= 0.6 is 0 Å². The quantitative estimate of drug-likeness (QED) is 0.895. The minimum absolute atomic E-state index is 0.0854. The van der Waals surface area contributed by atoms with Crippen molar-refractivity contribution in [2.45, 2.75) is 26.7 Å². The molecule has 0 spiro atoms. The van der Waals surface area contributed by atoms with Gasteiger partial charge in [0.1, 0.15) is 0 Å². The largest absolute Gasteiger partial charge is 0.481 e. The van der Waals surface area contributed by atoms with Crippen molar-refractivity contribution in [1.29, 1.82) is 0 Å². The van der Waals surface area contributed by atoms with Crippen LogP contribution in [0.4, 0.5) is 0 Å². The fourth-order valence-corrected chi connectivity index (χ4v) is 3.19. The molecule has 1 atom stereocenters. The zero-order chi connectivity index (χ0) is 15.9. The summed E-state index contributed by atoms with van der Waals surface area (Å²) in [7, 11) is 0. The van der Waals surface area contributed by atoms with E-state index >= 15 is 0 Å². The first-order valence-corrected chi connectivity index (χ1v) is 7.59. The van der Waals surface area contributed by atoms with E-state index in [1.165, 1.54) is 0 Å². The molecule has 22 heavy (non-hydrogen) atoms. The van der Waals surface area contributed by atoms with E-state index in [-0.39, 0.29) is 5.91 Å². The smallest absolute Gasteiger partial charge is 0.308 e. The molecule has 116 valence electrons. The summed E-state index contributed by atoms with van der Waals surface area (Å²) in [4.78, 5) is 28.9. The van der Waals surface area contributed by atoms with Crippen LogP contribution in [0.25, 0.3) is 10.9 Å². The molecule has 1 amide bonds. The number of fused-ring (bicyclic) bond motifs is 1. The standard InChI is InChI=1S/C17H20N2O3/c1-10-11(2)18-15-13(10)6-3-7-14(15)16(20)19-8-4-5-12(9-19)17(21)22/h3,6-7,12,18H,4-5,8-9H2,1-2H3,(H,21,22)/t12-/m0/s1. The summed E-state index contributed by atoms with van der Waals surface area (Å²) in [6.45, 7) is 4.94. The number of aromatic amines is 1. The highest BCUT2D eigenvalue weighted by Crippen LogP contribution is 2.26. The monoisotopic (exact) mass is 300 g/mol. The Morgan fingerprint density at radius 3 is 2.82 bits per heavy atom. The third kappa shape index (κ3) is 2.36. The highest BCUT2D eigenvalue weighted by atomic mass is 16.4. The number of nitrogens with zero attached hydrogens (tertiary/aromatic N) is 1. The summed E-state index contributed by atoms with van der Waals surface area (Å²) in [6, 6.07) is 5.69. The van der Waals surface area contributed by atoms with E-state index in [1.54, 1.807) is 4.90 Å². The molecule has 0 radical (unpaired) electrons. The second-order valence-corrected chi connectivity index (χ2v) is 6.03. The maximum Gasteiger partial charge on any atom is 0.308 e. The number of aliphatic carboxylic acids is 1. The molecule has 2 heterocycles. The molecule has 1 saturated heterocycles. The summed E-state index contributed by atoms with van der Waals surface area (Å²) in [6.07, 6.45) is 1.38. The highest BCUT2D eigenvalue weighted by molar-refractivity contribution is 6.06. The third-order valence-corrected chi connectivity index (χ3v) is 4.63. The van der Waals surface area contributed by atoms with Gasteiger partial charge >= 0.3 is 5.97 Å². The number of amides is 1. The average molecular weight is 300 g/mol. The number of carbonyl (C=O) groups excluding carboxylic acids is 1. The molecule has 0 unspecified atom stereocenters. The lowest BCUT2D eigenvalue weighted by Gasteiger charge is -2.30. The van der Waals surface area contributed by atoms with Gasteiger partial charge in [-0.1, -0.05) is 12.1 Å². The number of H-pyrrole nitrogens is 1. The normalized spacial score (nSPS) is 18.6. The summed E-state index contributed by atoms with van der Waals surface area (Å²) < 4.78 is 0. The van der Waals surface area contributed by atoms with Gasteiger partial charge in [-0.15, -0.1) is 0 Å². The minimum atomic E-state index is -0.817. The van der Waals surface area contributed by atoms with E-state index in [9.17, 15) is 14.7 Å². The Kier molecular flexibility index (Phi) is 3.64. The number of benzene rings is 1. The molecule has 2 N–H and O–H groups in total. The molecule has 0 bridgehead atoms. The first kappa shape index (κ1) is 14.6. The van der Waals surface area contributed by atoms with Gasteiger partial charge in [0.15, 0.2) is 0 Å². The molecule has 1 fully saturated rings. The van der Waals surface area contributed by atoms with Gasteiger partial charge in [0.2, 0.25) is 0 Å². The Balaban J connectivity index is 1.95. The number of hydrogen-bond acceptors (Lipinski definition) is 2. The van der Waals surface area contributed by atoms with Gasteiger partial charge < -0.3 is 15.0 Å². The molecule has 1 aliphatic heterocycles. The van der Waals surface area contributed by atoms with Crippen molar-refractivity contribution in [1.82, 2.24) is 9.88 Å². The molecule has 5 nitrogen and oxygen atoms in total. The number of carboxylic acids is 1. The van der Waals surface area contributed by atoms with Crippen molar-refractivity contribution in [3.63, 3.8) is 0 Å². The Hall–Kier alpha value is -2.30. The fraction of sp³-hybridized carbons (Fsp3) is 0.412. The molecule has 1 aromatic carbocycles. The summed E-state index contributed by atoms with van der Waals surface area (Å²) >= 11 is 0. The summed E-state index contributed by atoms with van der Waals surface area (Å²) in [5, 5.41) is 10.2. The van der Waals surface area contributed by atoms with Crippen LogP contribution in [-0.2, 0) is 4.79 Å². The summed E-state index contributed by atoms with van der Waals surface area (Å²) in [5.74, 6) is -1.36. The van der Waals surface area contributed by atoms with Crippen molar-refractivity contribution in [3.05, 3.63) is 35.0 Å². The van der Waals surface area contributed by atoms with Gasteiger partial charge in [-0.2, -0.15) is 0 Å². The minimum Gasteiger partial charge on any atom is -0.481 e. The molecule has 0 saturated carbocycles. The molecular weight excluding hydrogens is 280 g/mol. The molecular formula is C17H20N2O3. The topological polar surface area (TPSA) is 73.4 Å². The number of aryl methyl sites for hydroxylation is 2. The van der Waals surface area contributed by atoms with Crippen LogP contribution in [-0.4, -0.2) is 40.0 Å². The van der Waals surface area contributed by atoms with E-state index in [0.29, 0.717) is 25.1 Å². The first-order chi connectivity index (χ1) is 10.5. The maximum absolute atomic E-state index is 12.8. The van der Waals surface area contributed by atoms with Crippen molar-refractivity contribution in [2.75, 3.05) is 13.1 Å². The number of piperidine rings is 1. The van der Waals surface area contributed by atoms with Crippen LogP contribution in [0.1, 0.15) is 34.5 Å². The van der Waals surface area contributed by atoms with E-state index < -0.39 is 11.9 Å². The number of carbonyl (C=O) groups is 2. The van der Waals surface area contributed by atoms with Crippen LogP contribution < -0.4 is 0 Å². The molecule has 0 aliphatic carbocycles.